The van der Waals surface area contributed by atoms with Gasteiger partial charge in [-0.1, -0.05) is 0 Å². The lowest BCUT2D eigenvalue weighted by Crippen LogP contribution is -1.87. The summed E-state index contributed by atoms with van der Waals surface area (Å²) < 4.78 is 5.63. The van der Waals surface area contributed by atoms with Crippen molar-refractivity contribution in [1.82, 2.24) is 25.6 Å². The summed E-state index contributed by atoms with van der Waals surface area (Å²) in [6.45, 7) is 0. The number of benzene rings is 2. The van der Waals surface area contributed by atoms with E-state index < -0.39 is 4.92 Å². The van der Waals surface area contributed by atoms with Crippen LogP contribution in [0.15, 0.2) is 46.9 Å². The summed E-state index contributed by atoms with van der Waals surface area (Å²) in [5.41, 5.74) is 2.76. The number of non-ortho nitro benzene ring substituents is 1. The van der Waals surface area contributed by atoms with Crippen LogP contribution in [0.2, 0.25) is 0 Å². The summed E-state index contributed by atoms with van der Waals surface area (Å²) in [5, 5.41) is 29.2. The maximum atomic E-state index is 10.7. The average Bonchev–Trinajstić information content (AvgIpc) is 3.23. The van der Waals surface area contributed by atoms with Gasteiger partial charge in [0.15, 0.2) is 0 Å². The molecule has 23 heavy (non-hydrogen) atoms. The van der Waals surface area contributed by atoms with E-state index >= 15 is 0 Å². The molecule has 0 fully saturated rings. The molecule has 2 aromatic heterocycles. The van der Waals surface area contributed by atoms with Crippen LogP contribution in [-0.4, -0.2) is 30.5 Å². The number of hydrogen-bond donors (Lipinski definition) is 1. The van der Waals surface area contributed by atoms with Gasteiger partial charge < -0.3 is 4.42 Å². The van der Waals surface area contributed by atoms with Gasteiger partial charge in [0.25, 0.3) is 5.69 Å². The molecule has 0 amide bonds. The minimum atomic E-state index is -0.462. The Kier molecular flexibility index (Phi) is 2.83. The number of nitro groups is 1. The van der Waals surface area contributed by atoms with Crippen LogP contribution in [0.25, 0.3) is 33.9 Å². The van der Waals surface area contributed by atoms with E-state index in [0.717, 1.165) is 5.52 Å². The number of rotatable bonds is 3. The van der Waals surface area contributed by atoms with Crippen molar-refractivity contribution in [3.8, 4) is 22.9 Å². The lowest BCUT2D eigenvalue weighted by molar-refractivity contribution is -0.384. The van der Waals surface area contributed by atoms with Crippen molar-refractivity contribution < 1.29 is 9.34 Å². The summed E-state index contributed by atoms with van der Waals surface area (Å²) in [7, 11) is 0. The molecule has 9 heteroatoms. The highest BCUT2D eigenvalue weighted by Crippen LogP contribution is 2.26. The third-order valence-electron chi connectivity index (χ3n) is 3.31. The van der Waals surface area contributed by atoms with Crippen LogP contribution in [0.3, 0.4) is 0 Å². The molecule has 0 unspecified atom stereocenters. The van der Waals surface area contributed by atoms with Gasteiger partial charge in [-0.05, 0) is 30.3 Å². The zero-order valence-corrected chi connectivity index (χ0v) is 11.5. The van der Waals surface area contributed by atoms with E-state index in [4.69, 9.17) is 4.42 Å². The lowest BCUT2D eigenvalue weighted by Gasteiger charge is -1.95. The predicted molar refractivity (Wildman–Crippen MR) is 79.3 cm³/mol. The first-order chi connectivity index (χ1) is 11.2. The Morgan fingerprint density at radius 2 is 1.57 bits per heavy atom. The second kappa shape index (κ2) is 4.98. The van der Waals surface area contributed by atoms with Crippen LogP contribution in [0.5, 0.6) is 0 Å². The number of hydrogen-bond acceptors (Lipinski definition) is 7. The SMILES string of the molecule is O=[N+]([O-])c1ccc(-c2nnc(-c3ccc4n[nH]nc4c3)o2)cc1. The summed E-state index contributed by atoms with van der Waals surface area (Å²) >= 11 is 0. The second-order valence-electron chi connectivity index (χ2n) is 4.74. The highest BCUT2D eigenvalue weighted by atomic mass is 16.6. The molecule has 0 radical (unpaired) electrons. The lowest BCUT2D eigenvalue weighted by atomic mass is 10.2. The molecule has 0 bridgehead atoms. The zero-order valence-electron chi connectivity index (χ0n) is 11.5. The van der Waals surface area contributed by atoms with Crippen molar-refractivity contribution in [2.75, 3.05) is 0 Å². The Balaban J connectivity index is 1.69. The number of nitro benzene ring substituents is 1. The molecule has 0 atom stereocenters. The van der Waals surface area contributed by atoms with Gasteiger partial charge in [-0.2, -0.15) is 15.4 Å². The largest absolute Gasteiger partial charge is 0.416 e. The summed E-state index contributed by atoms with van der Waals surface area (Å²) in [6.07, 6.45) is 0. The second-order valence-corrected chi connectivity index (χ2v) is 4.74. The van der Waals surface area contributed by atoms with E-state index in [1.165, 1.54) is 12.1 Å². The fraction of sp³-hybridized carbons (Fsp3) is 0. The van der Waals surface area contributed by atoms with Crippen molar-refractivity contribution in [2.24, 2.45) is 0 Å². The number of aromatic nitrogens is 5. The molecule has 0 aliphatic rings. The maximum absolute atomic E-state index is 10.7. The van der Waals surface area contributed by atoms with Gasteiger partial charge in [0.2, 0.25) is 11.8 Å². The minimum Gasteiger partial charge on any atom is -0.416 e. The first-order valence-electron chi connectivity index (χ1n) is 6.60. The van der Waals surface area contributed by atoms with Crippen molar-refractivity contribution >= 4 is 16.7 Å². The monoisotopic (exact) mass is 308 g/mol. The third kappa shape index (κ3) is 2.29. The molecule has 0 saturated heterocycles. The molecule has 0 spiro atoms. The van der Waals surface area contributed by atoms with E-state index in [2.05, 4.69) is 25.6 Å². The van der Waals surface area contributed by atoms with Gasteiger partial charge >= 0.3 is 0 Å². The Bertz CT molecular complexity index is 1000. The highest BCUT2D eigenvalue weighted by molar-refractivity contribution is 5.79. The Morgan fingerprint density at radius 3 is 2.30 bits per heavy atom. The minimum absolute atomic E-state index is 0.00460. The van der Waals surface area contributed by atoms with Crippen LogP contribution >= 0.6 is 0 Å². The van der Waals surface area contributed by atoms with Crippen LogP contribution in [0.1, 0.15) is 0 Å². The zero-order chi connectivity index (χ0) is 15.8. The number of fused-ring (bicyclic) bond motifs is 1. The number of H-pyrrole nitrogens is 1. The molecular formula is C14H8N6O3. The molecule has 0 aliphatic heterocycles. The van der Waals surface area contributed by atoms with E-state index in [1.54, 1.807) is 30.3 Å². The van der Waals surface area contributed by atoms with Gasteiger partial charge in [-0.3, -0.25) is 10.1 Å². The first-order valence-corrected chi connectivity index (χ1v) is 6.60. The topological polar surface area (TPSA) is 124 Å². The number of aromatic amines is 1. The Hall–Kier alpha value is -3.62. The molecule has 1 N–H and O–H groups in total. The Morgan fingerprint density at radius 1 is 0.913 bits per heavy atom. The van der Waals surface area contributed by atoms with E-state index in [-0.39, 0.29) is 11.6 Å². The van der Waals surface area contributed by atoms with E-state index in [9.17, 15) is 10.1 Å². The van der Waals surface area contributed by atoms with Crippen LogP contribution in [0.4, 0.5) is 5.69 Å². The van der Waals surface area contributed by atoms with Gasteiger partial charge in [0, 0.05) is 23.3 Å². The Labute approximate surface area is 128 Å². The third-order valence-corrected chi connectivity index (χ3v) is 3.31. The van der Waals surface area contributed by atoms with Crippen molar-refractivity contribution in [1.29, 1.82) is 0 Å². The first kappa shape index (κ1) is 13.1. The molecule has 2 aromatic carbocycles. The number of nitrogens with one attached hydrogen (secondary N) is 1. The van der Waals surface area contributed by atoms with Gasteiger partial charge in [-0.15, -0.1) is 10.2 Å². The average molecular weight is 308 g/mol. The quantitative estimate of drug-likeness (QED) is 0.455. The van der Waals surface area contributed by atoms with Gasteiger partial charge in [0.1, 0.15) is 11.0 Å². The van der Waals surface area contributed by atoms with Crippen LogP contribution < -0.4 is 0 Å². The van der Waals surface area contributed by atoms with Crippen molar-refractivity contribution in [2.45, 2.75) is 0 Å². The van der Waals surface area contributed by atoms with Crippen LogP contribution in [-0.2, 0) is 0 Å². The standard InChI is InChI=1S/C14H8N6O3/c21-20(22)10-4-1-8(2-5-10)13-17-18-14(23-13)9-3-6-11-12(7-9)16-19-15-11/h1-7H,(H,15,16,19). The predicted octanol–water partition coefficient (Wildman–Crippen LogP) is 2.58. The van der Waals surface area contributed by atoms with Crippen molar-refractivity contribution in [3.05, 3.63) is 52.6 Å². The molecular weight excluding hydrogens is 300 g/mol. The van der Waals surface area contributed by atoms with E-state index in [1.807, 2.05) is 0 Å². The maximum Gasteiger partial charge on any atom is 0.269 e. The summed E-state index contributed by atoms with van der Waals surface area (Å²) in [5.74, 6) is 0.624. The molecule has 0 aliphatic carbocycles. The fourth-order valence-electron chi connectivity index (χ4n) is 2.16. The van der Waals surface area contributed by atoms with Crippen LogP contribution in [0, 0.1) is 10.1 Å². The fourth-order valence-corrected chi connectivity index (χ4v) is 2.16. The summed E-state index contributed by atoms with van der Waals surface area (Å²) in [6, 6.07) is 11.3. The highest BCUT2D eigenvalue weighted by Gasteiger charge is 2.13. The molecule has 4 aromatic rings. The van der Waals surface area contributed by atoms with Gasteiger partial charge in [-0.25, -0.2) is 0 Å². The number of nitrogens with zero attached hydrogens (tertiary/aromatic N) is 5. The van der Waals surface area contributed by atoms with E-state index in [0.29, 0.717) is 22.5 Å². The molecule has 0 saturated carbocycles. The smallest absolute Gasteiger partial charge is 0.269 e. The molecule has 4 rings (SSSR count). The van der Waals surface area contributed by atoms with Gasteiger partial charge in [0.05, 0.1) is 4.92 Å². The van der Waals surface area contributed by atoms with Crippen molar-refractivity contribution in [3.63, 3.8) is 0 Å². The molecule has 9 nitrogen and oxygen atoms in total. The summed E-state index contributed by atoms with van der Waals surface area (Å²) in [4.78, 5) is 10.2. The molecule has 112 valence electrons. The normalized spacial score (nSPS) is 11.0. The molecule has 2 heterocycles.